The second-order valence-electron chi connectivity index (χ2n) is 5.51. The molecule has 1 unspecified atom stereocenters. The molecule has 1 heterocycles. The fraction of sp³-hybridized carbons (Fsp3) is 0.333. The molecule has 116 valence electrons. The van der Waals surface area contributed by atoms with Crippen molar-refractivity contribution in [2.45, 2.75) is 6.04 Å². The molecular formula is C18H21NO3. The summed E-state index contributed by atoms with van der Waals surface area (Å²) in [6.45, 7) is 1.77. The van der Waals surface area contributed by atoms with Gasteiger partial charge in [0.2, 0.25) is 0 Å². The molecule has 0 radical (unpaired) electrons. The molecule has 2 aromatic rings. The summed E-state index contributed by atoms with van der Waals surface area (Å²) in [5.41, 5.74) is 1.24. The Kier molecular flexibility index (Phi) is 4.49. The Hall–Kier alpha value is -2.20. The molecule has 1 aliphatic heterocycles. The molecule has 1 atom stereocenters. The Morgan fingerprint density at radius 1 is 1.00 bits per heavy atom. The van der Waals surface area contributed by atoms with Gasteiger partial charge in [0.25, 0.3) is 0 Å². The second kappa shape index (κ2) is 6.71. The lowest BCUT2D eigenvalue weighted by Gasteiger charge is -2.25. The summed E-state index contributed by atoms with van der Waals surface area (Å²) in [6, 6.07) is 16.3. The number of fused-ring (bicyclic) bond motifs is 1. The maximum absolute atomic E-state index is 5.97. The number of rotatable bonds is 5. The van der Waals surface area contributed by atoms with Crippen LogP contribution in [0.2, 0.25) is 0 Å². The first-order valence-corrected chi connectivity index (χ1v) is 7.48. The first-order chi connectivity index (χ1) is 10.7. The minimum Gasteiger partial charge on any atom is -0.491 e. The van der Waals surface area contributed by atoms with Gasteiger partial charge < -0.3 is 14.2 Å². The van der Waals surface area contributed by atoms with Crippen molar-refractivity contribution in [3.8, 4) is 17.2 Å². The lowest BCUT2D eigenvalue weighted by Crippen LogP contribution is -2.25. The predicted molar refractivity (Wildman–Crippen MR) is 85.8 cm³/mol. The van der Waals surface area contributed by atoms with Crippen LogP contribution in [-0.4, -0.2) is 38.8 Å². The van der Waals surface area contributed by atoms with Gasteiger partial charge in [-0.1, -0.05) is 30.3 Å². The maximum atomic E-state index is 5.97. The fourth-order valence-corrected chi connectivity index (χ4v) is 2.51. The highest BCUT2D eigenvalue weighted by atomic mass is 16.6. The van der Waals surface area contributed by atoms with Crippen LogP contribution in [0.15, 0.2) is 48.5 Å². The largest absolute Gasteiger partial charge is 0.491 e. The van der Waals surface area contributed by atoms with E-state index in [2.05, 4.69) is 43.3 Å². The van der Waals surface area contributed by atoms with Gasteiger partial charge in [-0.3, -0.25) is 4.90 Å². The third kappa shape index (κ3) is 3.34. The van der Waals surface area contributed by atoms with E-state index in [1.165, 1.54) is 5.56 Å². The average Bonchev–Trinajstić information content (AvgIpc) is 2.55. The zero-order chi connectivity index (χ0) is 15.4. The van der Waals surface area contributed by atoms with Crippen LogP contribution in [0.4, 0.5) is 0 Å². The topological polar surface area (TPSA) is 30.9 Å². The third-order valence-electron chi connectivity index (χ3n) is 3.73. The third-order valence-corrected chi connectivity index (χ3v) is 3.73. The van der Waals surface area contributed by atoms with E-state index >= 15 is 0 Å². The van der Waals surface area contributed by atoms with Crippen LogP contribution >= 0.6 is 0 Å². The summed E-state index contributed by atoms with van der Waals surface area (Å²) in [5, 5.41) is 0. The molecule has 0 amide bonds. The standard InChI is InChI=1S/C18H21NO3/c1-19(2)16(14-6-4-3-5-7-14)13-22-15-8-9-17-18(12-15)21-11-10-20-17/h3-9,12,16H,10-11,13H2,1-2H3. The molecule has 4 nitrogen and oxygen atoms in total. The van der Waals surface area contributed by atoms with Gasteiger partial charge in [0.15, 0.2) is 11.5 Å². The highest BCUT2D eigenvalue weighted by Gasteiger charge is 2.16. The van der Waals surface area contributed by atoms with E-state index in [1.54, 1.807) is 0 Å². The lowest BCUT2D eigenvalue weighted by molar-refractivity contribution is 0.166. The first kappa shape index (κ1) is 14.7. The molecule has 0 aromatic heterocycles. The van der Waals surface area contributed by atoms with Crippen molar-refractivity contribution in [3.63, 3.8) is 0 Å². The summed E-state index contributed by atoms with van der Waals surface area (Å²) < 4.78 is 17.1. The van der Waals surface area contributed by atoms with Gasteiger partial charge >= 0.3 is 0 Å². The number of hydrogen-bond acceptors (Lipinski definition) is 4. The van der Waals surface area contributed by atoms with Gasteiger partial charge in [0.05, 0.1) is 6.04 Å². The molecule has 0 bridgehead atoms. The van der Waals surface area contributed by atoms with Crippen molar-refractivity contribution in [1.29, 1.82) is 0 Å². The molecule has 0 saturated carbocycles. The molecule has 4 heteroatoms. The van der Waals surface area contributed by atoms with Crippen LogP contribution in [0.25, 0.3) is 0 Å². The number of nitrogens with zero attached hydrogens (tertiary/aromatic N) is 1. The highest BCUT2D eigenvalue weighted by Crippen LogP contribution is 2.34. The van der Waals surface area contributed by atoms with Gasteiger partial charge in [0, 0.05) is 6.07 Å². The van der Waals surface area contributed by atoms with Crippen molar-refractivity contribution < 1.29 is 14.2 Å². The second-order valence-corrected chi connectivity index (χ2v) is 5.51. The highest BCUT2D eigenvalue weighted by molar-refractivity contribution is 5.46. The van der Waals surface area contributed by atoms with Crippen LogP contribution < -0.4 is 14.2 Å². The minimum atomic E-state index is 0.203. The number of benzene rings is 2. The summed E-state index contributed by atoms with van der Waals surface area (Å²) >= 11 is 0. The zero-order valence-electron chi connectivity index (χ0n) is 13.0. The van der Waals surface area contributed by atoms with Gasteiger partial charge in [0.1, 0.15) is 25.6 Å². The van der Waals surface area contributed by atoms with Crippen molar-refractivity contribution in [2.24, 2.45) is 0 Å². The summed E-state index contributed by atoms with van der Waals surface area (Å²) in [4.78, 5) is 2.16. The smallest absolute Gasteiger partial charge is 0.165 e. The van der Waals surface area contributed by atoms with E-state index < -0.39 is 0 Å². The number of likely N-dealkylation sites (N-methyl/N-ethyl adjacent to an activating group) is 1. The lowest BCUT2D eigenvalue weighted by atomic mass is 10.1. The van der Waals surface area contributed by atoms with Crippen molar-refractivity contribution in [2.75, 3.05) is 33.9 Å². The van der Waals surface area contributed by atoms with Crippen LogP contribution in [0.1, 0.15) is 11.6 Å². The first-order valence-electron chi connectivity index (χ1n) is 7.48. The van der Waals surface area contributed by atoms with Gasteiger partial charge in [-0.2, -0.15) is 0 Å². The number of hydrogen-bond donors (Lipinski definition) is 0. The molecule has 0 fully saturated rings. The van der Waals surface area contributed by atoms with Gasteiger partial charge in [-0.15, -0.1) is 0 Å². The quantitative estimate of drug-likeness (QED) is 0.848. The van der Waals surface area contributed by atoms with E-state index in [9.17, 15) is 0 Å². The summed E-state index contributed by atoms with van der Waals surface area (Å²) in [5.74, 6) is 2.34. The molecule has 2 aromatic carbocycles. The SMILES string of the molecule is CN(C)C(COc1ccc2c(c1)OCCO2)c1ccccc1. The Bertz CT molecular complexity index is 613. The molecule has 0 aliphatic carbocycles. The molecule has 0 saturated heterocycles. The number of ether oxygens (including phenoxy) is 3. The van der Waals surface area contributed by atoms with Gasteiger partial charge in [-0.05, 0) is 31.8 Å². The van der Waals surface area contributed by atoms with Crippen molar-refractivity contribution in [1.82, 2.24) is 4.90 Å². The van der Waals surface area contributed by atoms with Crippen LogP contribution in [0, 0.1) is 0 Å². The maximum Gasteiger partial charge on any atom is 0.165 e. The van der Waals surface area contributed by atoms with Crippen LogP contribution in [-0.2, 0) is 0 Å². The molecular weight excluding hydrogens is 278 g/mol. The van der Waals surface area contributed by atoms with E-state index in [-0.39, 0.29) is 6.04 Å². The Morgan fingerprint density at radius 3 is 2.45 bits per heavy atom. The summed E-state index contributed by atoms with van der Waals surface area (Å²) in [7, 11) is 4.12. The molecule has 1 aliphatic rings. The van der Waals surface area contributed by atoms with E-state index in [0.717, 1.165) is 17.2 Å². The minimum absolute atomic E-state index is 0.203. The molecule has 0 spiro atoms. The van der Waals surface area contributed by atoms with Crippen LogP contribution in [0.5, 0.6) is 17.2 Å². The fourth-order valence-electron chi connectivity index (χ4n) is 2.51. The Labute approximate surface area is 131 Å². The molecule has 0 N–H and O–H groups in total. The van der Waals surface area contributed by atoms with Crippen molar-refractivity contribution in [3.05, 3.63) is 54.1 Å². The van der Waals surface area contributed by atoms with E-state index in [1.807, 2.05) is 24.3 Å². The van der Waals surface area contributed by atoms with Gasteiger partial charge in [-0.25, -0.2) is 0 Å². The molecule has 3 rings (SSSR count). The monoisotopic (exact) mass is 299 g/mol. The van der Waals surface area contributed by atoms with E-state index in [0.29, 0.717) is 19.8 Å². The van der Waals surface area contributed by atoms with Crippen LogP contribution in [0.3, 0.4) is 0 Å². The Morgan fingerprint density at radius 2 is 1.73 bits per heavy atom. The van der Waals surface area contributed by atoms with E-state index in [4.69, 9.17) is 14.2 Å². The zero-order valence-corrected chi connectivity index (χ0v) is 13.0. The molecule has 22 heavy (non-hydrogen) atoms. The van der Waals surface area contributed by atoms with Crippen molar-refractivity contribution >= 4 is 0 Å². The average molecular weight is 299 g/mol. The normalized spacial score (nSPS) is 14.7. The summed E-state index contributed by atoms with van der Waals surface area (Å²) in [6.07, 6.45) is 0. The Balaban J connectivity index is 1.70. The predicted octanol–water partition coefficient (Wildman–Crippen LogP) is 3.14.